The van der Waals surface area contributed by atoms with Gasteiger partial charge in [-0.3, -0.25) is 33.8 Å². The van der Waals surface area contributed by atoms with Crippen molar-refractivity contribution >= 4 is 75.8 Å². The van der Waals surface area contributed by atoms with Crippen molar-refractivity contribution in [1.29, 1.82) is 0 Å². The number of ketones is 1. The van der Waals surface area contributed by atoms with Crippen molar-refractivity contribution in [2.75, 3.05) is 6.54 Å². The summed E-state index contributed by atoms with van der Waals surface area (Å²) < 4.78 is 0. The number of hydrogen-bond acceptors (Lipinski definition) is 8. The third-order valence-electron chi connectivity index (χ3n) is 10.7. The van der Waals surface area contributed by atoms with Gasteiger partial charge in [-0.25, -0.2) is 4.98 Å². The van der Waals surface area contributed by atoms with Crippen molar-refractivity contribution in [1.82, 2.24) is 36.1 Å². The van der Waals surface area contributed by atoms with Crippen molar-refractivity contribution in [3.05, 3.63) is 24.3 Å². The molecule has 1 aromatic rings. The third-order valence-corrected chi connectivity index (χ3v) is 10.7. The SMILES string of the molecule is C.C.C.CCC[C@H](NC(=O)[C@H]1[C@H]2CCC[C@@H]2CN1C(=O)[C@H](NC(=O)[C@H](NC(=O)c1cnccn1)C1CCCCC1)C(C)(C)C)C(=O)C(=O)NC1CC1.S.S.S. The quantitative estimate of drug-likeness (QED) is 0.207. The number of carbonyl (C=O) groups is 6. The van der Waals surface area contributed by atoms with Gasteiger partial charge in [-0.05, 0) is 68.1 Å². The van der Waals surface area contributed by atoms with Gasteiger partial charge in [-0.15, -0.1) is 0 Å². The minimum Gasteiger partial charge on any atom is -0.347 e. The molecule has 3 saturated carbocycles. The molecule has 5 amide bonds. The monoisotopic (exact) mass is 829 g/mol. The van der Waals surface area contributed by atoms with Gasteiger partial charge in [0, 0.05) is 25.0 Å². The molecule has 2 heterocycles. The van der Waals surface area contributed by atoms with E-state index < -0.39 is 59.0 Å². The lowest BCUT2D eigenvalue weighted by Gasteiger charge is -2.38. The molecule has 0 radical (unpaired) electrons. The summed E-state index contributed by atoms with van der Waals surface area (Å²) >= 11 is 0. The molecule has 4 N–H and O–H groups in total. The van der Waals surface area contributed by atoms with Crippen LogP contribution in [0.1, 0.15) is 138 Å². The van der Waals surface area contributed by atoms with Gasteiger partial charge in [0.15, 0.2) is 0 Å². The molecule has 6 atom stereocenters. The summed E-state index contributed by atoms with van der Waals surface area (Å²) in [5.74, 6) is -3.20. The van der Waals surface area contributed by atoms with Crippen LogP contribution in [0.15, 0.2) is 18.6 Å². The minimum absolute atomic E-state index is 0. The van der Waals surface area contributed by atoms with Crippen LogP contribution in [0.3, 0.4) is 0 Å². The van der Waals surface area contributed by atoms with Crippen LogP contribution in [-0.4, -0.2) is 86.9 Å². The predicted molar refractivity (Wildman–Crippen MR) is 232 cm³/mol. The summed E-state index contributed by atoms with van der Waals surface area (Å²) in [6.45, 7) is 7.85. The van der Waals surface area contributed by atoms with Gasteiger partial charge in [0.25, 0.3) is 11.8 Å². The molecule has 4 aliphatic rings. The second-order valence-electron chi connectivity index (χ2n) is 15.5. The molecule has 4 fully saturated rings. The molecule has 0 unspecified atom stereocenters. The largest absolute Gasteiger partial charge is 0.347 e. The Morgan fingerprint density at radius 1 is 0.836 bits per heavy atom. The van der Waals surface area contributed by atoms with E-state index in [0.29, 0.717) is 19.4 Å². The third kappa shape index (κ3) is 13.6. The molecule has 55 heavy (non-hydrogen) atoms. The molecule has 16 heteroatoms. The van der Waals surface area contributed by atoms with Gasteiger partial charge >= 0.3 is 0 Å². The number of nitrogens with one attached hydrogen (secondary N) is 4. The second-order valence-corrected chi connectivity index (χ2v) is 15.5. The number of Topliss-reactive ketones (excluding diaryl/α,β-unsaturated/α-hetero) is 1. The predicted octanol–water partition coefficient (Wildman–Crippen LogP) is 4.69. The van der Waals surface area contributed by atoms with E-state index in [1.54, 1.807) is 4.90 Å². The Morgan fingerprint density at radius 3 is 2.05 bits per heavy atom. The summed E-state index contributed by atoms with van der Waals surface area (Å²) in [5.41, 5.74) is -0.638. The Bertz CT molecular complexity index is 1410. The van der Waals surface area contributed by atoms with Crippen LogP contribution < -0.4 is 21.3 Å². The van der Waals surface area contributed by atoms with Crippen molar-refractivity contribution in [2.45, 2.75) is 157 Å². The zero-order valence-corrected chi connectivity index (χ0v) is 33.8. The Labute approximate surface area is 350 Å². The lowest BCUT2D eigenvalue weighted by Crippen LogP contribution is -2.62. The summed E-state index contributed by atoms with van der Waals surface area (Å²) in [7, 11) is 0. The zero-order valence-electron chi connectivity index (χ0n) is 30.8. The van der Waals surface area contributed by atoms with Crippen LogP contribution in [0.25, 0.3) is 0 Å². The maximum atomic E-state index is 14.6. The van der Waals surface area contributed by atoms with Gasteiger partial charge in [-0.1, -0.05) is 82.1 Å². The van der Waals surface area contributed by atoms with E-state index in [0.717, 1.165) is 64.2 Å². The first-order valence-electron chi connectivity index (χ1n) is 18.2. The first kappa shape index (κ1) is 54.3. The average molecular weight is 830 g/mol. The Morgan fingerprint density at radius 2 is 1.49 bits per heavy atom. The van der Waals surface area contributed by atoms with Crippen LogP contribution in [0, 0.1) is 23.2 Å². The van der Waals surface area contributed by atoms with E-state index >= 15 is 0 Å². The van der Waals surface area contributed by atoms with Crippen LogP contribution >= 0.6 is 40.5 Å². The minimum atomic E-state index is -0.994. The second kappa shape index (κ2) is 24.0. The fourth-order valence-electron chi connectivity index (χ4n) is 7.87. The number of rotatable bonds is 13. The smallest absolute Gasteiger partial charge is 0.289 e. The number of nitrogens with zero attached hydrogens (tertiary/aromatic N) is 3. The normalized spacial score (nSPS) is 21.6. The summed E-state index contributed by atoms with van der Waals surface area (Å²) in [4.78, 5) is 91.4. The highest BCUT2D eigenvalue weighted by molar-refractivity contribution is 7.59. The topological polar surface area (TPSA) is 180 Å². The Balaban J connectivity index is 0. The molecule has 5 rings (SSSR count). The van der Waals surface area contributed by atoms with Gasteiger partial charge in [0.05, 0.1) is 12.2 Å². The summed E-state index contributed by atoms with van der Waals surface area (Å²) in [6.07, 6.45) is 13.9. The molecule has 0 spiro atoms. The fourth-order valence-corrected chi connectivity index (χ4v) is 7.87. The Kier molecular flexibility index (Phi) is 23.7. The van der Waals surface area contributed by atoms with Gasteiger partial charge in [0.2, 0.25) is 23.5 Å². The summed E-state index contributed by atoms with van der Waals surface area (Å²) in [6, 6.07) is -3.68. The zero-order chi connectivity index (χ0) is 35.3. The summed E-state index contributed by atoms with van der Waals surface area (Å²) in [5, 5.41) is 11.5. The molecular formula is C39H71N7O6S3. The molecule has 13 nitrogen and oxygen atoms in total. The molecular weight excluding hydrogens is 759 g/mol. The standard InChI is InChI=1S/C36H53N7O6.3CH4.3H2S/c1-5-10-25(29(44)34(48)39-23-15-16-23)40-33(47)28-24-14-9-13-22(24)20-43(28)35(49)30(36(2,3)4)42-32(46)27(21-11-7-6-8-12-21)41-31(45)26-19-37-17-18-38-26;;;;;;/h17-19,21-25,27-28,30H,5-16,20H2,1-4H3,(H,39,48)(H,40,47)(H,41,45)(H,42,46);3*1H4;3*1H2/t22-,24+,25+,27-,28-,30+;;;;;;/m1....../s1. The maximum absolute atomic E-state index is 14.6. The van der Waals surface area contributed by atoms with E-state index in [2.05, 4.69) is 31.2 Å². The number of likely N-dealkylation sites (tertiary alicyclic amines) is 1. The number of hydrogen-bond donors (Lipinski definition) is 4. The van der Waals surface area contributed by atoms with E-state index in [4.69, 9.17) is 0 Å². The van der Waals surface area contributed by atoms with Crippen LogP contribution in [0.4, 0.5) is 0 Å². The highest BCUT2D eigenvalue weighted by Gasteiger charge is 2.52. The highest BCUT2D eigenvalue weighted by atomic mass is 32.1. The number of aromatic nitrogens is 2. The van der Waals surface area contributed by atoms with Crippen molar-refractivity contribution in [2.24, 2.45) is 23.2 Å². The first-order chi connectivity index (χ1) is 23.4. The molecule has 3 aliphatic carbocycles. The van der Waals surface area contributed by atoms with Crippen molar-refractivity contribution in [3.8, 4) is 0 Å². The van der Waals surface area contributed by atoms with Gasteiger partial charge in [0.1, 0.15) is 23.8 Å². The lowest BCUT2D eigenvalue weighted by molar-refractivity contribution is -0.146. The lowest BCUT2D eigenvalue weighted by atomic mass is 9.82. The number of fused-ring (bicyclic) bond motifs is 1. The van der Waals surface area contributed by atoms with E-state index in [9.17, 15) is 28.8 Å². The molecule has 1 saturated heterocycles. The van der Waals surface area contributed by atoms with E-state index in [1.165, 1.54) is 18.6 Å². The molecule has 1 aliphatic heterocycles. The van der Waals surface area contributed by atoms with Crippen LogP contribution in [0.2, 0.25) is 0 Å². The van der Waals surface area contributed by atoms with Crippen molar-refractivity contribution < 1.29 is 28.8 Å². The van der Waals surface area contributed by atoms with Crippen LogP contribution in [0.5, 0.6) is 0 Å². The number of amides is 5. The first-order valence-corrected chi connectivity index (χ1v) is 18.2. The van der Waals surface area contributed by atoms with Crippen LogP contribution in [-0.2, 0) is 24.0 Å². The fraction of sp³-hybridized carbons (Fsp3) is 0.744. The van der Waals surface area contributed by atoms with Gasteiger partial charge in [-0.2, -0.15) is 40.5 Å². The number of carbonyl (C=O) groups excluding carboxylic acids is 6. The van der Waals surface area contributed by atoms with Gasteiger partial charge < -0.3 is 26.2 Å². The molecule has 1 aromatic heterocycles. The molecule has 316 valence electrons. The highest BCUT2D eigenvalue weighted by Crippen LogP contribution is 2.43. The van der Waals surface area contributed by atoms with E-state index in [-0.39, 0.29) is 98.2 Å². The average Bonchev–Trinajstić information content (AvgIpc) is 3.65. The maximum Gasteiger partial charge on any atom is 0.289 e. The van der Waals surface area contributed by atoms with E-state index in [1.807, 2.05) is 27.7 Å². The molecule has 0 aromatic carbocycles. The Hall–Kier alpha value is -2.85. The molecule has 0 bridgehead atoms. The van der Waals surface area contributed by atoms with Crippen molar-refractivity contribution in [3.63, 3.8) is 0 Å².